The first-order valence-corrected chi connectivity index (χ1v) is 7.88. The van der Waals surface area contributed by atoms with Gasteiger partial charge in [-0.15, -0.1) is 12.4 Å². The summed E-state index contributed by atoms with van der Waals surface area (Å²) in [6.45, 7) is 1.98. The molecule has 0 unspecified atom stereocenters. The highest BCUT2D eigenvalue weighted by atomic mass is 35.5. The molecule has 0 saturated carbocycles. The largest absolute Gasteiger partial charge is 0.486 e. The number of nitrogens with one attached hydrogen (secondary N) is 2. The van der Waals surface area contributed by atoms with Gasteiger partial charge in [0.1, 0.15) is 13.2 Å². The van der Waals surface area contributed by atoms with Crippen LogP contribution in [0, 0.1) is 0 Å². The molecule has 2 aliphatic heterocycles. The van der Waals surface area contributed by atoms with Crippen LogP contribution in [-0.4, -0.2) is 25.7 Å². The van der Waals surface area contributed by atoms with Gasteiger partial charge in [-0.25, -0.2) is 0 Å². The van der Waals surface area contributed by atoms with E-state index < -0.39 is 0 Å². The van der Waals surface area contributed by atoms with Crippen molar-refractivity contribution in [3.63, 3.8) is 0 Å². The molecule has 4 rings (SSSR count). The Morgan fingerprint density at radius 3 is 2.92 bits per heavy atom. The molecule has 1 amide bonds. The monoisotopic (exact) mass is 346 g/mol. The molecule has 0 atom stereocenters. The van der Waals surface area contributed by atoms with Crippen molar-refractivity contribution in [1.29, 1.82) is 0 Å². The summed E-state index contributed by atoms with van der Waals surface area (Å²) < 4.78 is 11.1. The lowest BCUT2D eigenvalue weighted by atomic mass is 10.0. The molecule has 2 aromatic rings. The summed E-state index contributed by atoms with van der Waals surface area (Å²) in [5.74, 6) is 0.963. The fourth-order valence-corrected chi connectivity index (χ4v) is 3.00. The standard InChI is InChI=1S/C18H18N2O3.ClH/c21-18(14-4-1-5-16-17(14)23-10-9-22-16)20-13-6-7-15-12(11-13)3-2-8-19-15;/h1,4-7,11,19H,2-3,8-10H2,(H,20,21);1H. The quantitative estimate of drug-likeness (QED) is 0.874. The van der Waals surface area contributed by atoms with Gasteiger partial charge in [-0.3, -0.25) is 4.79 Å². The Bertz CT molecular complexity index is 764. The number of hydrogen-bond donors (Lipinski definition) is 2. The average molecular weight is 347 g/mol. The molecule has 0 aromatic heterocycles. The Hall–Kier alpha value is -2.40. The molecule has 6 heteroatoms. The molecule has 2 aliphatic rings. The van der Waals surface area contributed by atoms with Crippen LogP contribution in [0.1, 0.15) is 22.3 Å². The third-order valence-electron chi connectivity index (χ3n) is 4.11. The first-order chi connectivity index (χ1) is 11.3. The zero-order chi connectivity index (χ0) is 15.6. The van der Waals surface area contributed by atoms with E-state index in [1.165, 1.54) is 5.56 Å². The number of carbonyl (C=O) groups is 1. The molecular weight excluding hydrogens is 328 g/mol. The van der Waals surface area contributed by atoms with Gasteiger partial charge in [-0.2, -0.15) is 0 Å². The van der Waals surface area contributed by atoms with E-state index in [4.69, 9.17) is 9.47 Å². The van der Waals surface area contributed by atoms with Crippen molar-refractivity contribution in [2.45, 2.75) is 12.8 Å². The van der Waals surface area contributed by atoms with Crippen molar-refractivity contribution < 1.29 is 14.3 Å². The van der Waals surface area contributed by atoms with E-state index in [1.54, 1.807) is 12.1 Å². The third-order valence-corrected chi connectivity index (χ3v) is 4.11. The Morgan fingerprint density at radius 2 is 2.00 bits per heavy atom. The second-order valence-corrected chi connectivity index (χ2v) is 5.69. The van der Waals surface area contributed by atoms with E-state index in [2.05, 4.69) is 10.6 Å². The lowest BCUT2D eigenvalue weighted by Gasteiger charge is -2.21. The van der Waals surface area contributed by atoms with Crippen LogP contribution in [0.4, 0.5) is 11.4 Å². The van der Waals surface area contributed by atoms with Gasteiger partial charge in [-0.05, 0) is 48.7 Å². The first kappa shape index (κ1) is 16.5. The lowest BCUT2D eigenvalue weighted by molar-refractivity contribution is 0.101. The summed E-state index contributed by atoms with van der Waals surface area (Å²) in [6, 6.07) is 11.3. The number of rotatable bonds is 2. The highest BCUT2D eigenvalue weighted by molar-refractivity contribution is 6.06. The molecular formula is C18H19ClN2O3. The molecule has 2 N–H and O–H groups in total. The second kappa shape index (κ2) is 7.01. The number of amides is 1. The molecule has 0 radical (unpaired) electrons. The molecule has 126 valence electrons. The highest BCUT2D eigenvalue weighted by Gasteiger charge is 2.20. The van der Waals surface area contributed by atoms with Crippen LogP contribution < -0.4 is 20.1 Å². The van der Waals surface area contributed by atoms with Crippen molar-refractivity contribution in [3.05, 3.63) is 47.5 Å². The van der Waals surface area contributed by atoms with Gasteiger partial charge in [0.2, 0.25) is 0 Å². The maximum atomic E-state index is 12.6. The van der Waals surface area contributed by atoms with Crippen LogP contribution in [0.2, 0.25) is 0 Å². The zero-order valence-corrected chi connectivity index (χ0v) is 13.9. The van der Waals surface area contributed by atoms with Gasteiger partial charge in [0.15, 0.2) is 11.5 Å². The first-order valence-electron chi connectivity index (χ1n) is 7.88. The van der Waals surface area contributed by atoms with Crippen LogP contribution >= 0.6 is 12.4 Å². The van der Waals surface area contributed by atoms with Crippen LogP contribution in [0.15, 0.2) is 36.4 Å². The number of carbonyl (C=O) groups excluding carboxylic acids is 1. The number of benzene rings is 2. The van der Waals surface area contributed by atoms with Gasteiger partial charge in [0, 0.05) is 17.9 Å². The molecule has 0 spiro atoms. The van der Waals surface area contributed by atoms with Crippen LogP contribution in [0.3, 0.4) is 0 Å². The topological polar surface area (TPSA) is 59.6 Å². The van der Waals surface area contributed by atoms with Crippen LogP contribution in [-0.2, 0) is 6.42 Å². The predicted molar refractivity (Wildman–Crippen MR) is 95.9 cm³/mol. The Labute approximate surface area is 146 Å². The molecule has 24 heavy (non-hydrogen) atoms. The number of anilines is 2. The van der Waals surface area contributed by atoms with E-state index in [-0.39, 0.29) is 18.3 Å². The third kappa shape index (κ3) is 3.12. The van der Waals surface area contributed by atoms with Gasteiger partial charge >= 0.3 is 0 Å². The van der Waals surface area contributed by atoms with Gasteiger partial charge in [0.25, 0.3) is 5.91 Å². The highest BCUT2D eigenvalue weighted by Crippen LogP contribution is 2.34. The maximum Gasteiger partial charge on any atom is 0.259 e. The summed E-state index contributed by atoms with van der Waals surface area (Å²) in [5, 5.41) is 6.32. The number of ether oxygens (including phenoxy) is 2. The van der Waals surface area contributed by atoms with Crippen molar-refractivity contribution >= 4 is 29.7 Å². The maximum absolute atomic E-state index is 12.6. The van der Waals surface area contributed by atoms with E-state index >= 15 is 0 Å². The second-order valence-electron chi connectivity index (χ2n) is 5.69. The van der Waals surface area contributed by atoms with Crippen molar-refractivity contribution in [2.75, 3.05) is 30.4 Å². The van der Waals surface area contributed by atoms with Crippen LogP contribution in [0.5, 0.6) is 11.5 Å². The molecule has 0 aliphatic carbocycles. The number of para-hydroxylation sites is 1. The molecule has 2 aromatic carbocycles. The fourth-order valence-electron chi connectivity index (χ4n) is 3.00. The van der Waals surface area contributed by atoms with E-state index in [0.29, 0.717) is 30.3 Å². The van der Waals surface area contributed by atoms with Gasteiger partial charge in [-0.1, -0.05) is 6.07 Å². The minimum Gasteiger partial charge on any atom is -0.486 e. The minimum absolute atomic E-state index is 0. The molecule has 0 fully saturated rings. The normalized spacial score (nSPS) is 14.7. The smallest absolute Gasteiger partial charge is 0.259 e. The Morgan fingerprint density at radius 1 is 1.12 bits per heavy atom. The fraction of sp³-hybridized carbons (Fsp3) is 0.278. The van der Waals surface area contributed by atoms with Crippen molar-refractivity contribution in [2.24, 2.45) is 0 Å². The van der Waals surface area contributed by atoms with Gasteiger partial charge < -0.3 is 20.1 Å². The number of aryl methyl sites for hydroxylation is 1. The van der Waals surface area contributed by atoms with E-state index in [9.17, 15) is 4.79 Å². The van der Waals surface area contributed by atoms with Crippen LogP contribution in [0.25, 0.3) is 0 Å². The summed E-state index contributed by atoms with van der Waals surface area (Å²) in [6.07, 6.45) is 2.14. The zero-order valence-electron chi connectivity index (χ0n) is 13.1. The van der Waals surface area contributed by atoms with E-state index in [1.807, 2.05) is 24.3 Å². The Kier molecular flexibility index (Phi) is 4.81. The average Bonchev–Trinajstić information content (AvgIpc) is 2.61. The summed E-state index contributed by atoms with van der Waals surface area (Å²) in [7, 11) is 0. The molecule has 2 heterocycles. The van der Waals surface area contributed by atoms with E-state index in [0.717, 1.165) is 30.8 Å². The predicted octanol–water partition coefficient (Wildman–Crippen LogP) is 3.49. The number of halogens is 1. The SMILES string of the molecule is Cl.O=C(Nc1ccc2c(c1)CCCN2)c1cccc2c1OCCO2. The summed E-state index contributed by atoms with van der Waals surface area (Å²) in [4.78, 5) is 12.6. The Balaban J connectivity index is 0.00000169. The van der Waals surface area contributed by atoms with Crippen molar-refractivity contribution in [1.82, 2.24) is 0 Å². The minimum atomic E-state index is -0.184. The molecule has 0 saturated heterocycles. The summed E-state index contributed by atoms with van der Waals surface area (Å²) in [5.41, 5.74) is 3.69. The van der Waals surface area contributed by atoms with Crippen molar-refractivity contribution in [3.8, 4) is 11.5 Å². The number of fused-ring (bicyclic) bond motifs is 2. The lowest BCUT2D eigenvalue weighted by Crippen LogP contribution is -2.20. The molecule has 5 nitrogen and oxygen atoms in total. The van der Waals surface area contributed by atoms with Gasteiger partial charge in [0.05, 0.1) is 5.56 Å². The number of hydrogen-bond acceptors (Lipinski definition) is 4. The summed E-state index contributed by atoms with van der Waals surface area (Å²) >= 11 is 0. The molecule has 0 bridgehead atoms.